The zero-order chi connectivity index (χ0) is 18.7. The molecule has 3 aromatic rings. The average Bonchev–Trinajstić information content (AvgIpc) is 3.20. The van der Waals surface area contributed by atoms with Crippen LogP contribution in [-0.2, 0) is 6.67 Å². The first kappa shape index (κ1) is 17.9. The summed E-state index contributed by atoms with van der Waals surface area (Å²) in [4.78, 5) is 12.6. The van der Waals surface area contributed by atoms with Gasteiger partial charge in [0.2, 0.25) is 0 Å². The van der Waals surface area contributed by atoms with Gasteiger partial charge in [0.15, 0.2) is 0 Å². The monoisotopic (exact) mass is 351 g/mol. The molecule has 2 aromatic heterocycles. The molecule has 0 spiro atoms. The predicted molar refractivity (Wildman–Crippen MR) is 101 cm³/mol. The van der Waals surface area contributed by atoms with E-state index in [1.807, 2.05) is 24.6 Å². The largest absolute Gasteiger partial charge is 0.344 e. The number of hydrogen-bond donors (Lipinski definition) is 1. The molecule has 0 saturated heterocycles. The molecule has 1 atom stereocenters. The topological polar surface area (TPSA) is 64.7 Å². The molecule has 1 unspecified atom stereocenters. The van der Waals surface area contributed by atoms with Crippen LogP contribution in [0.1, 0.15) is 52.4 Å². The normalized spacial score (nSPS) is 12.2. The molecule has 0 aliphatic heterocycles. The van der Waals surface area contributed by atoms with Crippen LogP contribution in [0.2, 0.25) is 0 Å². The highest BCUT2D eigenvalue weighted by Crippen LogP contribution is 2.17. The Labute approximate surface area is 153 Å². The molecule has 6 heteroatoms. The van der Waals surface area contributed by atoms with E-state index in [0.29, 0.717) is 12.4 Å². The van der Waals surface area contributed by atoms with Crippen molar-refractivity contribution in [2.45, 2.75) is 46.8 Å². The maximum absolute atomic E-state index is 12.6. The zero-order valence-corrected chi connectivity index (χ0v) is 15.7. The van der Waals surface area contributed by atoms with Crippen molar-refractivity contribution in [1.29, 1.82) is 0 Å². The van der Waals surface area contributed by atoms with Gasteiger partial charge in [-0.3, -0.25) is 9.48 Å². The second kappa shape index (κ2) is 7.56. The van der Waals surface area contributed by atoms with Crippen LogP contribution < -0.4 is 5.32 Å². The lowest BCUT2D eigenvalue weighted by atomic mass is 10.0. The molecule has 1 N–H and O–H groups in total. The first-order valence-electron chi connectivity index (χ1n) is 8.88. The number of carbonyl (C=O) groups excluding carboxylic acids is 1. The minimum Gasteiger partial charge on any atom is -0.344 e. The lowest BCUT2D eigenvalue weighted by Crippen LogP contribution is -2.28. The van der Waals surface area contributed by atoms with Gasteiger partial charge < -0.3 is 5.32 Å². The molecule has 0 aliphatic rings. The highest BCUT2D eigenvalue weighted by molar-refractivity contribution is 5.92. The van der Waals surface area contributed by atoms with Gasteiger partial charge in [0.1, 0.15) is 12.4 Å². The zero-order valence-electron chi connectivity index (χ0n) is 15.7. The van der Waals surface area contributed by atoms with E-state index < -0.39 is 0 Å². The summed E-state index contributed by atoms with van der Waals surface area (Å²) < 4.78 is 3.59. The number of aromatic nitrogens is 4. The van der Waals surface area contributed by atoms with Crippen molar-refractivity contribution in [3.05, 3.63) is 70.8 Å². The van der Waals surface area contributed by atoms with Gasteiger partial charge in [-0.05, 0) is 44.9 Å². The fraction of sp³-hybridized carbons (Fsp3) is 0.350. The first-order chi connectivity index (χ1) is 12.5. The Balaban J connectivity index is 1.69. The molecular weight excluding hydrogens is 326 g/mol. The first-order valence-corrected chi connectivity index (χ1v) is 8.88. The minimum atomic E-state index is -0.162. The van der Waals surface area contributed by atoms with Crippen molar-refractivity contribution >= 4 is 5.91 Å². The standard InChI is InChI=1S/C20H25N5O/c1-5-18(17-8-6-14(2)7-9-17)21-20(26)19-10-11-24(23-19)13-25-16(4)12-15(3)22-25/h6-12,18H,5,13H2,1-4H3,(H,21,26). The Morgan fingerprint density at radius 2 is 1.85 bits per heavy atom. The van der Waals surface area contributed by atoms with Crippen LogP contribution in [-0.4, -0.2) is 25.5 Å². The molecule has 1 amide bonds. The van der Waals surface area contributed by atoms with Gasteiger partial charge in [-0.1, -0.05) is 36.8 Å². The van der Waals surface area contributed by atoms with Crippen LogP contribution in [0.15, 0.2) is 42.6 Å². The fourth-order valence-corrected chi connectivity index (χ4v) is 2.97. The van der Waals surface area contributed by atoms with Crippen LogP contribution >= 0.6 is 0 Å². The lowest BCUT2D eigenvalue weighted by Gasteiger charge is -2.17. The summed E-state index contributed by atoms with van der Waals surface area (Å²) in [6, 6.07) is 12.0. The third-order valence-electron chi connectivity index (χ3n) is 4.45. The second-order valence-corrected chi connectivity index (χ2v) is 6.65. The van der Waals surface area contributed by atoms with Gasteiger partial charge in [0, 0.05) is 11.9 Å². The smallest absolute Gasteiger partial charge is 0.272 e. The van der Waals surface area contributed by atoms with Gasteiger partial charge in [-0.15, -0.1) is 0 Å². The molecule has 2 heterocycles. The number of aryl methyl sites for hydroxylation is 3. The number of rotatable bonds is 6. The molecule has 0 saturated carbocycles. The van der Waals surface area contributed by atoms with E-state index in [-0.39, 0.29) is 11.9 Å². The molecule has 1 aromatic carbocycles. The molecule has 6 nitrogen and oxygen atoms in total. The van der Waals surface area contributed by atoms with Crippen molar-refractivity contribution in [3.8, 4) is 0 Å². The van der Waals surface area contributed by atoms with Crippen LogP contribution in [0.4, 0.5) is 0 Å². The lowest BCUT2D eigenvalue weighted by molar-refractivity contribution is 0.0929. The number of benzene rings is 1. The van der Waals surface area contributed by atoms with Crippen molar-refractivity contribution < 1.29 is 4.79 Å². The minimum absolute atomic E-state index is 0.0238. The van der Waals surface area contributed by atoms with Crippen molar-refractivity contribution in [1.82, 2.24) is 24.9 Å². The Hall–Kier alpha value is -2.89. The molecule has 3 rings (SSSR count). The van der Waals surface area contributed by atoms with Gasteiger partial charge >= 0.3 is 0 Å². The maximum Gasteiger partial charge on any atom is 0.272 e. The van der Waals surface area contributed by atoms with E-state index in [0.717, 1.165) is 23.4 Å². The molecule has 136 valence electrons. The van der Waals surface area contributed by atoms with Crippen LogP contribution in [0.3, 0.4) is 0 Å². The number of hydrogen-bond acceptors (Lipinski definition) is 3. The Morgan fingerprint density at radius 1 is 1.12 bits per heavy atom. The SMILES string of the molecule is CCC(NC(=O)c1ccn(Cn2nc(C)cc2C)n1)c1ccc(C)cc1. The summed E-state index contributed by atoms with van der Waals surface area (Å²) in [7, 11) is 0. The third-order valence-corrected chi connectivity index (χ3v) is 4.45. The highest BCUT2D eigenvalue weighted by Gasteiger charge is 2.16. The summed E-state index contributed by atoms with van der Waals surface area (Å²) in [5.74, 6) is -0.162. The molecule has 0 aliphatic carbocycles. The van der Waals surface area contributed by atoms with E-state index in [9.17, 15) is 4.79 Å². The molecule has 0 fully saturated rings. The summed E-state index contributed by atoms with van der Waals surface area (Å²) in [6.45, 7) is 8.57. The van der Waals surface area contributed by atoms with Gasteiger partial charge in [0.25, 0.3) is 5.91 Å². The Bertz CT molecular complexity index is 891. The fourth-order valence-electron chi connectivity index (χ4n) is 2.97. The summed E-state index contributed by atoms with van der Waals surface area (Å²) >= 11 is 0. The van der Waals surface area contributed by atoms with Gasteiger partial charge in [-0.2, -0.15) is 10.2 Å². The maximum atomic E-state index is 12.6. The quantitative estimate of drug-likeness (QED) is 0.740. The Morgan fingerprint density at radius 3 is 2.46 bits per heavy atom. The highest BCUT2D eigenvalue weighted by atomic mass is 16.2. The second-order valence-electron chi connectivity index (χ2n) is 6.65. The van der Waals surface area contributed by atoms with Crippen LogP contribution in [0.5, 0.6) is 0 Å². The molecular formula is C20H25N5O. The Kier molecular flexibility index (Phi) is 5.21. The average molecular weight is 351 g/mol. The van der Waals surface area contributed by atoms with Crippen molar-refractivity contribution in [2.24, 2.45) is 0 Å². The van der Waals surface area contributed by atoms with Crippen molar-refractivity contribution in [3.63, 3.8) is 0 Å². The molecule has 26 heavy (non-hydrogen) atoms. The number of amides is 1. The van der Waals surface area contributed by atoms with E-state index in [1.165, 1.54) is 5.56 Å². The van der Waals surface area contributed by atoms with Crippen LogP contribution in [0.25, 0.3) is 0 Å². The van der Waals surface area contributed by atoms with Crippen LogP contribution in [0, 0.1) is 20.8 Å². The van der Waals surface area contributed by atoms with Gasteiger partial charge in [0.05, 0.1) is 11.7 Å². The van der Waals surface area contributed by atoms with E-state index in [4.69, 9.17) is 0 Å². The number of nitrogens with one attached hydrogen (secondary N) is 1. The summed E-state index contributed by atoms with van der Waals surface area (Å²) in [5.41, 5.74) is 4.76. The molecule has 0 radical (unpaired) electrons. The van der Waals surface area contributed by atoms with Gasteiger partial charge in [-0.25, -0.2) is 4.68 Å². The number of nitrogens with zero attached hydrogens (tertiary/aromatic N) is 4. The van der Waals surface area contributed by atoms with Crippen molar-refractivity contribution in [2.75, 3.05) is 0 Å². The third kappa shape index (κ3) is 4.02. The summed E-state index contributed by atoms with van der Waals surface area (Å²) in [5, 5.41) is 11.9. The summed E-state index contributed by atoms with van der Waals surface area (Å²) in [6.07, 6.45) is 2.62. The number of carbonyl (C=O) groups is 1. The van der Waals surface area contributed by atoms with E-state index in [1.54, 1.807) is 16.9 Å². The molecule has 0 bridgehead atoms. The van der Waals surface area contributed by atoms with E-state index >= 15 is 0 Å². The predicted octanol–water partition coefficient (Wildman–Crippen LogP) is 3.39. The van der Waals surface area contributed by atoms with E-state index in [2.05, 4.69) is 53.6 Å².